The van der Waals surface area contributed by atoms with Gasteiger partial charge in [-0.1, -0.05) is 30.3 Å². The molecular formula is C26H17N3O+2. The third-order valence-electron chi connectivity index (χ3n) is 7.06. The second-order valence-corrected chi connectivity index (χ2v) is 8.31. The van der Waals surface area contributed by atoms with E-state index in [1.165, 1.54) is 33.7 Å². The number of pyridine rings is 1. The van der Waals surface area contributed by atoms with Crippen molar-refractivity contribution in [3.05, 3.63) is 102 Å². The van der Waals surface area contributed by atoms with Crippen molar-refractivity contribution >= 4 is 11.0 Å². The summed E-state index contributed by atoms with van der Waals surface area (Å²) >= 11 is 0. The van der Waals surface area contributed by atoms with Crippen molar-refractivity contribution in [3.63, 3.8) is 0 Å². The Bertz CT molecular complexity index is 1550. The molecular weight excluding hydrogens is 370 g/mol. The molecule has 4 nitrogen and oxygen atoms in total. The summed E-state index contributed by atoms with van der Waals surface area (Å²) in [4.78, 5) is 0. The Balaban J connectivity index is 1.71. The van der Waals surface area contributed by atoms with Crippen molar-refractivity contribution in [1.29, 1.82) is 0 Å². The van der Waals surface area contributed by atoms with Crippen LogP contribution in [0.25, 0.3) is 28.0 Å². The van der Waals surface area contributed by atoms with Crippen LogP contribution in [-0.2, 0) is 12.6 Å². The summed E-state index contributed by atoms with van der Waals surface area (Å²) in [5.74, 6) is 3.09. The highest BCUT2D eigenvalue weighted by atomic mass is 16.5. The van der Waals surface area contributed by atoms with Crippen LogP contribution in [0.5, 0.6) is 11.5 Å². The molecule has 0 bridgehead atoms. The van der Waals surface area contributed by atoms with Gasteiger partial charge in [-0.05, 0) is 36.4 Å². The fourth-order valence-electron chi connectivity index (χ4n) is 6.06. The number of aryl methyl sites for hydroxylation is 1. The van der Waals surface area contributed by atoms with Crippen molar-refractivity contribution in [2.75, 3.05) is 0 Å². The van der Waals surface area contributed by atoms with Crippen molar-refractivity contribution in [3.8, 4) is 28.4 Å². The molecule has 4 heteroatoms. The molecule has 3 aromatic carbocycles. The highest BCUT2D eigenvalue weighted by molar-refractivity contribution is 5.84. The number of nitrogens with zero attached hydrogens (tertiary/aromatic N) is 3. The molecule has 0 fully saturated rings. The molecule has 0 saturated carbocycles. The van der Waals surface area contributed by atoms with Crippen LogP contribution in [0.2, 0.25) is 0 Å². The molecule has 0 saturated heterocycles. The minimum Gasteiger partial charge on any atom is -0.448 e. The summed E-state index contributed by atoms with van der Waals surface area (Å²) in [5, 5.41) is 0. The van der Waals surface area contributed by atoms with Crippen LogP contribution < -0.4 is 13.9 Å². The molecule has 1 atom stereocenters. The van der Waals surface area contributed by atoms with E-state index in [9.17, 15) is 0 Å². The second kappa shape index (κ2) is 4.62. The zero-order valence-electron chi connectivity index (χ0n) is 16.3. The van der Waals surface area contributed by atoms with Gasteiger partial charge in [0.05, 0.1) is 23.7 Å². The van der Waals surface area contributed by atoms with Gasteiger partial charge in [0.15, 0.2) is 28.9 Å². The Morgan fingerprint density at radius 2 is 1.60 bits per heavy atom. The van der Waals surface area contributed by atoms with Crippen molar-refractivity contribution in [2.24, 2.45) is 7.05 Å². The maximum Gasteiger partial charge on any atom is 0.346 e. The predicted octanol–water partition coefficient (Wildman–Crippen LogP) is 3.98. The first kappa shape index (κ1) is 15.0. The summed E-state index contributed by atoms with van der Waals surface area (Å²) in [6.45, 7) is 0. The van der Waals surface area contributed by atoms with E-state index in [-0.39, 0.29) is 0 Å². The van der Waals surface area contributed by atoms with Gasteiger partial charge in [0.25, 0.3) is 0 Å². The number of imidazole rings is 1. The van der Waals surface area contributed by atoms with E-state index in [2.05, 4.69) is 106 Å². The lowest BCUT2D eigenvalue weighted by atomic mass is 9.83. The third kappa shape index (κ3) is 1.33. The van der Waals surface area contributed by atoms with Gasteiger partial charge in [0, 0.05) is 12.1 Å². The number of hydrogen-bond acceptors (Lipinski definition) is 1. The highest BCUT2D eigenvalue weighted by Crippen LogP contribution is 2.53. The number of aromatic nitrogens is 3. The van der Waals surface area contributed by atoms with Gasteiger partial charge in [0.2, 0.25) is 11.2 Å². The Morgan fingerprint density at radius 1 is 0.800 bits per heavy atom. The summed E-state index contributed by atoms with van der Waals surface area (Å²) in [6, 6.07) is 28.1. The van der Waals surface area contributed by atoms with Gasteiger partial charge in [0.1, 0.15) is 0 Å². The van der Waals surface area contributed by atoms with E-state index in [1.54, 1.807) is 0 Å². The van der Waals surface area contributed by atoms with E-state index >= 15 is 0 Å². The molecule has 8 rings (SSSR count). The highest BCUT2D eigenvalue weighted by Gasteiger charge is 2.68. The second-order valence-electron chi connectivity index (χ2n) is 8.31. The zero-order valence-corrected chi connectivity index (χ0v) is 16.3. The maximum absolute atomic E-state index is 6.41. The smallest absolute Gasteiger partial charge is 0.346 e. The first-order chi connectivity index (χ1) is 14.8. The molecule has 0 amide bonds. The lowest BCUT2D eigenvalue weighted by Crippen LogP contribution is -2.57. The molecule has 2 aromatic heterocycles. The molecule has 140 valence electrons. The fraction of sp³-hybridized carbons (Fsp3) is 0.0769. The number of para-hydroxylation sites is 2. The molecule has 1 spiro atoms. The summed E-state index contributed by atoms with van der Waals surface area (Å²) in [7, 11) is 2.18. The third-order valence-corrected chi connectivity index (χ3v) is 7.06. The molecule has 0 radical (unpaired) electrons. The molecule has 3 aliphatic heterocycles. The van der Waals surface area contributed by atoms with Crippen LogP contribution in [-0.4, -0.2) is 4.57 Å². The number of rotatable bonds is 0. The van der Waals surface area contributed by atoms with E-state index < -0.39 is 5.54 Å². The Morgan fingerprint density at radius 3 is 2.57 bits per heavy atom. The van der Waals surface area contributed by atoms with Crippen LogP contribution in [0.15, 0.2) is 85.1 Å². The Hall–Kier alpha value is -3.92. The largest absolute Gasteiger partial charge is 0.448 e. The molecule has 0 aliphatic carbocycles. The van der Waals surface area contributed by atoms with Gasteiger partial charge < -0.3 is 4.74 Å². The average molecular weight is 387 g/mol. The standard InChI is InChI=1S/C26H17N3O/c1-27-20-12-7-14-22-24(20)29-23-18(10-6-13-21(23)30-22)26(25(27)29)17-9-3-2-8-16(17)19-11-4-5-15-28(19)26/h2-15H,1H3/q+2. The lowest BCUT2D eigenvalue weighted by molar-refractivity contribution is -0.733. The molecule has 5 aromatic rings. The normalized spacial score (nSPS) is 18.6. The Kier molecular flexibility index (Phi) is 2.31. The van der Waals surface area contributed by atoms with Crippen LogP contribution in [0.4, 0.5) is 0 Å². The Labute approximate surface area is 172 Å². The molecule has 30 heavy (non-hydrogen) atoms. The summed E-state index contributed by atoms with van der Waals surface area (Å²) in [5.41, 5.74) is 8.17. The minimum atomic E-state index is -0.433. The predicted molar refractivity (Wildman–Crippen MR) is 112 cm³/mol. The van der Waals surface area contributed by atoms with E-state index in [4.69, 9.17) is 4.74 Å². The maximum atomic E-state index is 6.41. The fourth-order valence-corrected chi connectivity index (χ4v) is 6.06. The number of hydrogen-bond donors (Lipinski definition) is 0. The van der Waals surface area contributed by atoms with Crippen LogP contribution in [0.3, 0.4) is 0 Å². The average Bonchev–Trinajstić information content (AvgIpc) is 3.38. The monoisotopic (exact) mass is 387 g/mol. The van der Waals surface area contributed by atoms with Gasteiger partial charge in [-0.25, -0.2) is 4.57 Å². The first-order valence-corrected chi connectivity index (χ1v) is 10.3. The summed E-state index contributed by atoms with van der Waals surface area (Å²) in [6.07, 6.45) is 2.22. The number of fused-ring (bicyclic) bond motifs is 7. The molecule has 3 aliphatic rings. The van der Waals surface area contributed by atoms with Gasteiger partial charge >= 0.3 is 11.4 Å². The van der Waals surface area contributed by atoms with E-state index in [1.807, 2.05) is 0 Å². The summed E-state index contributed by atoms with van der Waals surface area (Å²) < 4.78 is 13.6. The van der Waals surface area contributed by atoms with Crippen molar-refractivity contribution in [1.82, 2.24) is 4.57 Å². The minimum absolute atomic E-state index is 0.433. The topological polar surface area (TPSA) is 21.9 Å². The number of ether oxygens (including phenoxy) is 1. The van der Waals surface area contributed by atoms with Crippen molar-refractivity contribution < 1.29 is 13.9 Å². The van der Waals surface area contributed by atoms with E-state index in [0.717, 1.165) is 22.7 Å². The number of benzene rings is 3. The van der Waals surface area contributed by atoms with Crippen molar-refractivity contribution in [2.45, 2.75) is 5.54 Å². The van der Waals surface area contributed by atoms with Gasteiger partial charge in [-0.15, -0.1) is 0 Å². The van der Waals surface area contributed by atoms with Gasteiger partial charge in [-0.2, -0.15) is 9.13 Å². The first-order valence-electron chi connectivity index (χ1n) is 10.3. The van der Waals surface area contributed by atoms with Gasteiger partial charge in [-0.3, -0.25) is 0 Å². The van der Waals surface area contributed by atoms with Crippen LogP contribution >= 0.6 is 0 Å². The van der Waals surface area contributed by atoms with Crippen LogP contribution in [0.1, 0.15) is 17.0 Å². The SMILES string of the molecule is Cn1c2[n+]3c4c(cccc41)Oc1cccc(c1-3)C21c2ccccc2-c2cccc[n+]21. The van der Waals surface area contributed by atoms with E-state index in [0.29, 0.717) is 0 Å². The molecule has 5 heterocycles. The molecule has 0 N–H and O–H groups in total. The lowest BCUT2D eigenvalue weighted by Gasteiger charge is -2.19. The molecule has 1 unspecified atom stereocenters. The zero-order chi connectivity index (χ0) is 19.6. The van der Waals surface area contributed by atoms with Crippen LogP contribution in [0, 0.1) is 0 Å². The quantitative estimate of drug-likeness (QED) is 0.361.